The first-order valence-corrected chi connectivity index (χ1v) is 5.49. The van der Waals surface area contributed by atoms with Crippen molar-refractivity contribution in [2.75, 3.05) is 26.5 Å². The van der Waals surface area contributed by atoms with Crippen LogP contribution >= 0.6 is 0 Å². The summed E-state index contributed by atoms with van der Waals surface area (Å²) >= 11 is 0. The lowest BCUT2D eigenvalue weighted by molar-refractivity contribution is -0.128. The van der Waals surface area contributed by atoms with Crippen LogP contribution in [0.2, 0.25) is 0 Å². The van der Waals surface area contributed by atoms with Crippen LogP contribution in [0.25, 0.3) is 0 Å². The molecule has 0 aliphatic carbocycles. The Bertz CT molecular complexity index is 439. The highest BCUT2D eigenvalue weighted by atomic mass is 16.2. The van der Waals surface area contributed by atoms with Crippen LogP contribution in [0.15, 0.2) is 17.1 Å². The Hall–Kier alpha value is -1.85. The lowest BCUT2D eigenvalue weighted by Crippen LogP contribution is -2.25. The molecule has 0 saturated heterocycles. The molecule has 1 aromatic rings. The van der Waals surface area contributed by atoms with Gasteiger partial charge in [0.1, 0.15) is 0 Å². The van der Waals surface area contributed by atoms with Crippen LogP contribution in [0.3, 0.4) is 0 Å². The number of rotatable bonds is 5. The third kappa shape index (κ3) is 3.90. The molecule has 6 heteroatoms. The first kappa shape index (κ1) is 13.2. The number of hydrogen-bond acceptors (Lipinski definition) is 4. The zero-order valence-electron chi connectivity index (χ0n) is 10.4. The molecule has 0 fully saturated rings. The fourth-order valence-corrected chi connectivity index (χ4v) is 1.34. The summed E-state index contributed by atoms with van der Waals surface area (Å²) in [6.07, 6.45) is 2.63. The molecule has 1 aromatic heterocycles. The third-order valence-electron chi connectivity index (χ3n) is 2.42. The quantitative estimate of drug-likeness (QED) is 0.793. The van der Waals surface area contributed by atoms with E-state index in [-0.39, 0.29) is 11.5 Å². The second-order valence-electron chi connectivity index (χ2n) is 3.95. The van der Waals surface area contributed by atoms with Crippen molar-refractivity contribution in [2.24, 2.45) is 0 Å². The molecule has 0 bridgehead atoms. The van der Waals surface area contributed by atoms with Crippen LogP contribution in [0.4, 0.5) is 5.69 Å². The van der Waals surface area contributed by atoms with Crippen LogP contribution < -0.4 is 10.9 Å². The Morgan fingerprint density at radius 2 is 2.24 bits per heavy atom. The zero-order valence-corrected chi connectivity index (χ0v) is 10.4. The maximum Gasteiger partial charge on any atom is 0.268 e. The normalized spacial score (nSPS) is 10.1. The average Bonchev–Trinajstić information content (AvgIpc) is 2.30. The van der Waals surface area contributed by atoms with Gasteiger partial charge in [0.25, 0.3) is 5.56 Å². The van der Waals surface area contributed by atoms with Gasteiger partial charge >= 0.3 is 0 Å². The van der Waals surface area contributed by atoms with Crippen molar-refractivity contribution in [1.82, 2.24) is 14.7 Å². The summed E-state index contributed by atoms with van der Waals surface area (Å²) in [5, 5.41) is 6.86. The highest BCUT2D eigenvalue weighted by Crippen LogP contribution is 1.99. The van der Waals surface area contributed by atoms with E-state index in [0.29, 0.717) is 25.1 Å². The van der Waals surface area contributed by atoms with Gasteiger partial charge in [-0.2, -0.15) is 5.10 Å². The second kappa shape index (κ2) is 6.03. The molecule has 0 spiro atoms. The largest absolute Gasteiger partial charge is 0.387 e. The van der Waals surface area contributed by atoms with E-state index in [2.05, 4.69) is 10.4 Å². The highest BCUT2D eigenvalue weighted by molar-refractivity contribution is 5.75. The topological polar surface area (TPSA) is 67.2 Å². The fourth-order valence-electron chi connectivity index (χ4n) is 1.34. The number of aromatic nitrogens is 2. The van der Waals surface area contributed by atoms with Gasteiger partial charge in [-0.3, -0.25) is 9.59 Å². The number of aryl methyl sites for hydroxylation is 1. The minimum Gasteiger partial charge on any atom is -0.387 e. The minimum absolute atomic E-state index is 0.0601. The predicted molar refractivity (Wildman–Crippen MR) is 66.0 cm³/mol. The van der Waals surface area contributed by atoms with Gasteiger partial charge in [0.15, 0.2) is 0 Å². The van der Waals surface area contributed by atoms with E-state index in [9.17, 15) is 9.59 Å². The van der Waals surface area contributed by atoms with Crippen LogP contribution in [-0.4, -0.2) is 41.7 Å². The number of amides is 1. The van der Waals surface area contributed by atoms with E-state index in [4.69, 9.17) is 0 Å². The number of anilines is 1. The van der Waals surface area contributed by atoms with Crippen molar-refractivity contribution in [2.45, 2.75) is 19.4 Å². The van der Waals surface area contributed by atoms with Crippen molar-refractivity contribution in [1.29, 1.82) is 0 Å². The molecule has 94 valence electrons. The molecule has 0 radical (unpaired) electrons. The monoisotopic (exact) mass is 238 g/mol. The van der Waals surface area contributed by atoms with E-state index in [1.165, 1.54) is 10.7 Å². The van der Waals surface area contributed by atoms with Crippen molar-refractivity contribution in [3.63, 3.8) is 0 Å². The Balaban J connectivity index is 2.53. The molecule has 1 N–H and O–H groups in total. The van der Waals surface area contributed by atoms with Gasteiger partial charge in [-0.15, -0.1) is 0 Å². The van der Waals surface area contributed by atoms with Crippen LogP contribution in [0.1, 0.15) is 12.8 Å². The molecule has 17 heavy (non-hydrogen) atoms. The number of nitrogens with one attached hydrogen (secondary N) is 1. The molecular weight excluding hydrogens is 220 g/mol. The summed E-state index contributed by atoms with van der Waals surface area (Å²) in [5.74, 6) is 0.0601. The lowest BCUT2D eigenvalue weighted by Gasteiger charge is -2.10. The third-order valence-corrected chi connectivity index (χ3v) is 2.42. The molecule has 0 unspecified atom stereocenters. The SMILES string of the molecule is CNc1cnn(CCCC(=O)N(C)C)c(=O)c1. The Kier molecular flexibility index (Phi) is 4.68. The first-order valence-electron chi connectivity index (χ1n) is 5.49. The standard InChI is InChI=1S/C11H18N4O2/c1-12-9-7-11(17)15(13-8-9)6-4-5-10(16)14(2)3/h7-8,12H,4-6H2,1-3H3. The van der Waals surface area contributed by atoms with Crippen molar-refractivity contribution in [3.05, 3.63) is 22.6 Å². The molecular formula is C11H18N4O2. The maximum atomic E-state index is 11.6. The van der Waals surface area contributed by atoms with Gasteiger partial charge in [-0.05, 0) is 6.42 Å². The van der Waals surface area contributed by atoms with E-state index in [1.807, 2.05) is 0 Å². The van der Waals surface area contributed by atoms with E-state index < -0.39 is 0 Å². The van der Waals surface area contributed by atoms with Gasteiger partial charge < -0.3 is 10.2 Å². The second-order valence-corrected chi connectivity index (χ2v) is 3.95. The lowest BCUT2D eigenvalue weighted by atomic mass is 10.3. The minimum atomic E-state index is -0.158. The summed E-state index contributed by atoms with van der Waals surface area (Å²) in [6.45, 7) is 0.461. The Morgan fingerprint density at radius 1 is 1.53 bits per heavy atom. The zero-order chi connectivity index (χ0) is 12.8. The van der Waals surface area contributed by atoms with E-state index in [0.717, 1.165) is 0 Å². The van der Waals surface area contributed by atoms with Gasteiger partial charge in [0.05, 0.1) is 11.9 Å². The predicted octanol–water partition coefficient (Wildman–Crippen LogP) is 0.153. The Labute approximate surface area is 100 Å². The smallest absolute Gasteiger partial charge is 0.268 e. The Morgan fingerprint density at radius 3 is 2.76 bits per heavy atom. The van der Waals surface area contributed by atoms with E-state index in [1.54, 1.807) is 32.2 Å². The summed E-state index contributed by atoms with van der Waals surface area (Å²) in [5.41, 5.74) is 0.532. The molecule has 6 nitrogen and oxygen atoms in total. The molecule has 1 rings (SSSR count). The molecule has 0 aliphatic heterocycles. The number of hydrogen-bond donors (Lipinski definition) is 1. The molecule has 1 amide bonds. The molecule has 0 saturated carbocycles. The molecule has 1 heterocycles. The summed E-state index contributed by atoms with van der Waals surface area (Å²) in [6, 6.07) is 1.49. The number of carbonyl (C=O) groups excluding carboxylic acids is 1. The average molecular weight is 238 g/mol. The van der Waals surface area contributed by atoms with Crippen LogP contribution in [0.5, 0.6) is 0 Å². The summed E-state index contributed by atoms with van der Waals surface area (Å²) in [4.78, 5) is 24.4. The van der Waals surface area contributed by atoms with Gasteiger partial charge in [-0.1, -0.05) is 0 Å². The van der Waals surface area contributed by atoms with Gasteiger partial charge in [-0.25, -0.2) is 4.68 Å². The number of nitrogens with zero attached hydrogens (tertiary/aromatic N) is 3. The van der Waals surface area contributed by atoms with Gasteiger partial charge in [0, 0.05) is 40.2 Å². The van der Waals surface area contributed by atoms with E-state index >= 15 is 0 Å². The summed E-state index contributed by atoms with van der Waals surface area (Å²) < 4.78 is 1.36. The van der Waals surface area contributed by atoms with Crippen molar-refractivity contribution >= 4 is 11.6 Å². The van der Waals surface area contributed by atoms with Gasteiger partial charge in [0.2, 0.25) is 5.91 Å². The highest BCUT2D eigenvalue weighted by Gasteiger charge is 2.04. The maximum absolute atomic E-state index is 11.6. The van der Waals surface area contributed by atoms with Crippen molar-refractivity contribution < 1.29 is 4.79 Å². The number of carbonyl (C=O) groups is 1. The summed E-state index contributed by atoms with van der Waals surface area (Å²) in [7, 11) is 5.17. The first-order chi connectivity index (χ1) is 8.04. The fraction of sp³-hybridized carbons (Fsp3) is 0.545. The molecule has 0 atom stereocenters. The van der Waals surface area contributed by atoms with Crippen molar-refractivity contribution in [3.8, 4) is 0 Å². The molecule has 0 aromatic carbocycles. The molecule has 0 aliphatic rings. The van der Waals surface area contributed by atoms with Crippen LogP contribution in [0, 0.1) is 0 Å². The van der Waals surface area contributed by atoms with Crippen LogP contribution in [-0.2, 0) is 11.3 Å².